The van der Waals surface area contributed by atoms with Crippen LogP contribution in [0, 0.1) is 0 Å². The highest BCUT2D eigenvalue weighted by Gasteiger charge is 2.23. The Morgan fingerprint density at radius 2 is 1.89 bits per heavy atom. The quantitative estimate of drug-likeness (QED) is 0.593. The van der Waals surface area contributed by atoms with Crippen LogP contribution in [0.25, 0.3) is 17.1 Å². The van der Waals surface area contributed by atoms with E-state index in [0.717, 1.165) is 11.1 Å². The smallest absolute Gasteiger partial charge is 0.286 e. The molecule has 0 saturated carbocycles. The molecule has 3 N–H and O–H groups in total. The number of amides is 1. The Morgan fingerprint density at radius 3 is 2.67 bits per heavy atom. The molecule has 0 fully saturated rings. The van der Waals surface area contributed by atoms with Gasteiger partial charge >= 0.3 is 0 Å². The summed E-state index contributed by atoms with van der Waals surface area (Å²) in [4.78, 5) is 25.2. The zero-order chi connectivity index (χ0) is 19.0. The van der Waals surface area contributed by atoms with Crippen molar-refractivity contribution in [1.82, 2.24) is 9.97 Å². The van der Waals surface area contributed by atoms with Crippen molar-refractivity contribution in [2.24, 2.45) is 4.99 Å². The lowest BCUT2D eigenvalue weighted by molar-refractivity contribution is -0.113. The van der Waals surface area contributed by atoms with E-state index in [1.807, 2.05) is 18.2 Å². The zero-order valence-electron chi connectivity index (χ0n) is 13.6. The van der Waals surface area contributed by atoms with Crippen LogP contribution in [-0.2, 0) is 4.79 Å². The molecule has 27 heavy (non-hydrogen) atoms. The fourth-order valence-electron chi connectivity index (χ4n) is 2.47. The van der Waals surface area contributed by atoms with Crippen molar-refractivity contribution >= 4 is 74.7 Å². The molecule has 0 bridgehead atoms. The second-order valence-corrected chi connectivity index (χ2v) is 7.44. The first kappa shape index (κ1) is 17.8. The first-order valence-electron chi connectivity index (χ1n) is 7.75. The van der Waals surface area contributed by atoms with Crippen LogP contribution in [0.15, 0.2) is 52.5 Å². The number of aromatic nitrogens is 2. The molecule has 2 heterocycles. The van der Waals surface area contributed by atoms with Gasteiger partial charge in [0.25, 0.3) is 5.91 Å². The van der Waals surface area contributed by atoms with Crippen LogP contribution in [0.5, 0.6) is 0 Å². The van der Waals surface area contributed by atoms with Crippen LogP contribution >= 0.6 is 35.0 Å². The van der Waals surface area contributed by atoms with E-state index in [-0.39, 0.29) is 5.91 Å². The Labute approximate surface area is 168 Å². The van der Waals surface area contributed by atoms with Gasteiger partial charge in [-0.15, -0.1) is 0 Å². The summed E-state index contributed by atoms with van der Waals surface area (Å²) in [5.41, 5.74) is 8.37. The highest BCUT2D eigenvalue weighted by atomic mass is 35.5. The number of rotatable bonds is 2. The fourth-order valence-corrected chi connectivity index (χ4v) is 3.78. The predicted octanol–water partition coefficient (Wildman–Crippen LogP) is 4.60. The minimum atomic E-state index is -0.343. The topological polar surface area (TPSA) is 93.3 Å². The Hall–Kier alpha value is -2.61. The second kappa shape index (κ2) is 7.19. The lowest BCUT2D eigenvalue weighted by atomic mass is 10.2. The van der Waals surface area contributed by atoms with Gasteiger partial charge in [-0.1, -0.05) is 35.3 Å². The molecule has 0 atom stereocenters. The van der Waals surface area contributed by atoms with Gasteiger partial charge in [-0.2, -0.15) is 4.99 Å². The normalized spacial score (nSPS) is 15.4. The maximum Gasteiger partial charge on any atom is 0.286 e. The van der Waals surface area contributed by atoms with Gasteiger partial charge in [-0.3, -0.25) is 9.78 Å². The number of carbonyl (C=O) groups excluding carboxylic acids is 1. The van der Waals surface area contributed by atoms with Crippen LogP contribution in [0.3, 0.4) is 0 Å². The molecule has 1 aromatic heterocycles. The number of nitrogen functional groups attached to an aromatic ring is 1. The van der Waals surface area contributed by atoms with E-state index in [1.54, 1.807) is 24.3 Å². The van der Waals surface area contributed by atoms with Gasteiger partial charge in [-0.25, -0.2) is 4.98 Å². The number of fused-ring (bicyclic) bond motifs is 1. The molecule has 0 radical (unpaired) electrons. The Balaban J connectivity index is 1.59. The van der Waals surface area contributed by atoms with Gasteiger partial charge < -0.3 is 11.1 Å². The monoisotopic (exact) mass is 415 g/mol. The largest absolute Gasteiger partial charge is 0.382 e. The van der Waals surface area contributed by atoms with E-state index in [1.165, 1.54) is 18.0 Å². The van der Waals surface area contributed by atoms with Gasteiger partial charge in [0.15, 0.2) is 5.17 Å². The van der Waals surface area contributed by atoms with Crippen LogP contribution in [0.4, 0.5) is 11.5 Å². The van der Waals surface area contributed by atoms with Gasteiger partial charge in [0.05, 0.1) is 37.9 Å². The first-order valence-corrected chi connectivity index (χ1v) is 9.33. The average Bonchev–Trinajstić information content (AvgIpc) is 2.97. The van der Waals surface area contributed by atoms with Crippen molar-refractivity contribution in [2.75, 3.05) is 11.1 Å². The molecule has 1 aliphatic rings. The van der Waals surface area contributed by atoms with Crippen molar-refractivity contribution in [1.29, 1.82) is 0 Å². The van der Waals surface area contributed by atoms with Crippen molar-refractivity contribution in [3.05, 3.63) is 63.1 Å². The Kier molecular flexibility index (Phi) is 4.73. The van der Waals surface area contributed by atoms with E-state index in [0.29, 0.717) is 37.1 Å². The average molecular weight is 416 g/mol. The van der Waals surface area contributed by atoms with E-state index in [9.17, 15) is 4.79 Å². The number of amidine groups is 1. The second-order valence-electron chi connectivity index (χ2n) is 5.60. The van der Waals surface area contributed by atoms with Crippen molar-refractivity contribution in [3.8, 4) is 0 Å². The molecule has 1 aliphatic heterocycles. The van der Waals surface area contributed by atoms with E-state index < -0.39 is 0 Å². The highest BCUT2D eigenvalue weighted by molar-refractivity contribution is 8.18. The maximum absolute atomic E-state index is 12.2. The summed E-state index contributed by atoms with van der Waals surface area (Å²) < 4.78 is 0. The number of carbonyl (C=O) groups is 1. The molecule has 3 aromatic rings. The SMILES string of the molecule is Nc1cnc2ccc(C=C3SC(Nc4c(Cl)cccc4Cl)=NC3=O)cc2n1. The van der Waals surface area contributed by atoms with Gasteiger partial charge in [0.1, 0.15) is 5.82 Å². The molecule has 2 aromatic carbocycles. The fraction of sp³-hybridized carbons (Fsp3) is 0. The van der Waals surface area contributed by atoms with Crippen LogP contribution in [0.2, 0.25) is 10.0 Å². The third-order valence-corrected chi connectivity index (χ3v) is 5.23. The maximum atomic E-state index is 12.2. The Bertz CT molecular complexity index is 1130. The molecular weight excluding hydrogens is 405 g/mol. The zero-order valence-corrected chi connectivity index (χ0v) is 15.9. The number of hydrogen-bond acceptors (Lipinski definition) is 6. The summed E-state index contributed by atoms with van der Waals surface area (Å²) in [5, 5.41) is 4.31. The molecule has 1 amide bonds. The molecule has 0 saturated heterocycles. The van der Waals surface area contributed by atoms with Crippen LogP contribution in [-0.4, -0.2) is 21.0 Å². The number of hydrogen-bond donors (Lipinski definition) is 2. The highest BCUT2D eigenvalue weighted by Crippen LogP contribution is 2.34. The number of nitrogens with zero attached hydrogens (tertiary/aromatic N) is 3. The van der Waals surface area contributed by atoms with E-state index in [4.69, 9.17) is 28.9 Å². The van der Waals surface area contributed by atoms with Crippen molar-refractivity contribution in [3.63, 3.8) is 0 Å². The summed E-state index contributed by atoms with van der Waals surface area (Å²) in [7, 11) is 0. The van der Waals surface area contributed by atoms with Gasteiger partial charge in [0, 0.05) is 0 Å². The lowest BCUT2D eigenvalue weighted by Crippen LogP contribution is -2.05. The standard InChI is InChI=1S/C18H11Cl2N5OS/c19-10-2-1-3-11(20)16(10)24-18-25-17(26)14(27-18)7-9-4-5-12-13(6-9)23-15(21)8-22-12/h1-8H,(H2,21,23)(H,24,25,26). The molecule has 0 aliphatic carbocycles. The third-order valence-electron chi connectivity index (χ3n) is 3.70. The third kappa shape index (κ3) is 3.75. The van der Waals surface area contributed by atoms with E-state index in [2.05, 4.69) is 20.3 Å². The number of thioether (sulfide) groups is 1. The van der Waals surface area contributed by atoms with Crippen molar-refractivity contribution in [2.45, 2.75) is 0 Å². The van der Waals surface area contributed by atoms with Crippen LogP contribution < -0.4 is 11.1 Å². The summed E-state index contributed by atoms with van der Waals surface area (Å²) >= 11 is 13.5. The van der Waals surface area contributed by atoms with Crippen LogP contribution in [0.1, 0.15) is 5.56 Å². The van der Waals surface area contributed by atoms with Crippen molar-refractivity contribution < 1.29 is 4.79 Å². The minimum Gasteiger partial charge on any atom is -0.382 e. The molecular formula is C18H11Cl2N5OS. The van der Waals surface area contributed by atoms with Gasteiger partial charge in [-0.05, 0) is 47.7 Å². The molecule has 134 valence electrons. The summed E-state index contributed by atoms with van der Waals surface area (Å²) in [6.07, 6.45) is 3.24. The molecule has 0 spiro atoms. The van der Waals surface area contributed by atoms with E-state index >= 15 is 0 Å². The minimum absolute atomic E-state index is 0.338. The number of anilines is 2. The summed E-state index contributed by atoms with van der Waals surface area (Å²) in [5.74, 6) is -0.00510. The number of nitrogens with one attached hydrogen (secondary N) is 1. The molecule has 9 heteroatoms. The predicted molar refractivity (Wildman–Crippen MR) is 112 cm³/mol. The molecule has 4 rings (SSSR count). The summed E-state index contributed by atoms with van der Waals surface area (Å²) in [6, 6.07) is 10.6. The summed E-state index contributed by atoms with van der Waals surface area (Å²) in [6.45, 7) is 0. The molecule has 6 nitrogen and oxygen atoms in total. The Morgan fingerprint density at radius 1 is 1.11 bits per heavy atom. The molecule has 0 unspecified atom stereocenters. The number of nitrogens with two attached hydrogens (primary N) is 1. The first-order chi connectivity index (χ1) is 13.0. The number of benzene rings is 2. The number of halogens is 2. The lowest BCUT2D eigenvalue weighted by Gasteiger charge is -2.08. The number of aliphatic imine (C=N–C) groups is 1. The van der Waals surface area contributed by atoms with Gasteiger partial charge in [0.2, 0.25) is 0 Å². The number of para-hydroxylation sites is 1.